The maximum atomic E-state index is 13.9. The smallest absolute Gasteiger partial charge is 0.341 e. The van der Waals surface area contributed by atoms with Crippen molar-refractivity contribution < 1.29 is 31.5 Å². The fourth-order valence-corrected chi connectivity index (χ4v) is 4.02. The van der Waals surface area contributed by atoms with Gasteiger partial charge in [0.15, 0.2) is 0 Å². The molecule has 10 heteroatoms. The highest BCUT2D eigenvalue weighted by molar-refractivity contribution is 5.94. The number of carbonyl (C=O) groups is 2. The summed E-state index contributed by atoms with van der Waals surface area (Å²) in [5.41, 5.74) is -0.210. The Morgan fingerprint density at radius 3 is 2.27 bits per heavy atom. The van der Waals surface area contributed by atoms with Gasteiger partial charge in [0, 0.05) is 51.3 Å². The van der Waals surface area contributed by atoms with Gasteiger partial charge in [-0.25, -0.2) is 8.78 Å². The summed E-state index contributed by atoms with van der Waals surface area (Å²) in [6.07, 6.45) is -2.99. The van der Waals surface area contributed by atoms with E-state index in [0.29, 0.717) is 38.4 Å². The Labute approximate surface area is 171 Å². The van der Waals surface area contributed by atoms with Crippen molar-refractivity contribution >= 4 is 11.8 Å². The van der Waals surface area contributed by atoms with Gasteiger partial charge in [-0.1, -0.05) is 0 Å². The molecule has 2 heterocycles. The van der Waals surface area contributed by atoms with Gasteiger partial charge in [0.1, 0.15) is 11.6 Å². The van der Waals surface area contributed by atoms with Crippen LogP contribution in [0.25, 0.3) is 0 Å². The third-order valence-corrected chi connectivity index (χ3v) is 5.60. The zero-order valence-electron chi connectivity index (χ0n) is 16.4. The number of hydrogen-bond donors (Lipinski definition) is 0. The normalized spacial score (nSPS) is 19.6. The molecule has 2 fully saturated rings. The van der Waals surface area contributed by atoms with E-state index in [2.05, 4.69) is 0 Å². The molecule has 2 aliphatic rings. The molecule has 0 aromatic heterocycles. The lowest BCUT2D eigenvalue weighted by molar-refractivity contribution is -0.145. The Morgan fingerprint density at radius 1 is 0.933 bits per heavy atom. The van der Waals surface area contributed by atoms with Gasteiger partial charge in [0.05, 0.1) is 12.1 Å². The molecule has 0 spiro atoms. The Hall–Kier alpha value is -2.23. The first kappa shape index (κ1) is 22.5. The first-order chi connectivity index (χ1) is 14.1. The summed E-state index contributed by atoms with van der Waals surface area (Å²) in [5, 5.41) is 0. The number of benzene rings is 1. The fraction of sp³-hybridized carbons (Fsp3) is 0.600. The lowest BCUT2D eigenvalue weighted by atomic mass is 9.94. The van der Waals surface area contributed by atoms with Gasteiger partial charge < -0.3 is 9.80 Å². The summed E-state index contributed by atoms with van der Waals surface area (Å²) in [7, 11) is 0. The number of nitrogens with zero attached hydrogens (tertiary/aromatic N) is 3. The van der Waals surface area contributed by atoms with Crippen LogP contribution in [0.3, 0.4) is 0 Å². The van der Waals surface area contributed by atoms with E-state index in [1.54, 1.807) is 4.90 Å². The molecule has 2 aliphatic heterocycles. The molecular formula is C20H24F5N3O2. The quantitative estimate of drug-likeness (QED) is 0.689. The SMILES string of the molecule is O=C(c1ccc(F)cc1F)N1CCC(C(=O)N2CCCN(CC(F)(F)F)CC2)CC1. The number of likely N-dealkylation sites (tertiary alicyclic amines) is 1. The highest BCUT2D eigenvalue weighted by atomic mass is 19.4. The standard InChI is InChI=1S/C20H24F5N3O2/c21-15-2-3-16(17(22)12-15)19(30)28-8-4-14(5-9-28)18(29)27-7-1-6-26(10-11-27)13-20(23,24)25/h2-3,12,14H,1,4-11,13H2. The molecule has 1 aromatic carbocycles. The second kappa shape index (κ2) is 9.28. The molecule has 2 saturated heterocycles. The first-order valence-electron chi connectivity index (χ1n) is 9.96. The maximum Gasteiger partial charge on any atom is 0.401 e. The minimum atomic E-state index is -4.26. The van der Waals surface area contributed by atoms with Crippen LogP contribution < -0.4 is 0 Å². The molecule has 0 unspecified atom stereocenters. The lowest BCUT2D eigenvalue weighted by Gasteiger charge is -2.34. The Balaban J connectivity index is 1.52. The third kappa shape index (κ3) is 5.68. The van der Waals surface area contributed by atoms with E-state index < -0.39 is 30.3 Å². The molecule has 5 nitrogen and oxygen atoms in total. The van der Waals surface area contributed by atoms with Crippen molar-refractivity contribution in [1.29, 1.82) is 0 Å². The summed E-state index contributed by atoms with van der Waals surface area (Å²) in [6, 6.07) is 2.78. The summed E-state index contributed by atoms with van der Waals surface area (Å²) in [6.45, 7) is 0.670. The molecule has 1 aromatic rings. The molecule has 166 valence electrons. The number of alkyl halides is 3. The maximum absolute atomic E-state index is 13.9. The molecule has 3 rings (SSSR count). The zero-order chi connectivity index (χ0) is 21.9. The molecule has 2 amide bonds. The lowest BCUT2D eigenvalue weighted by Crippen LogP contribution is -2.45. The monoisotopic (exact) mass is 433 g/mol. The van der Waals surface area contributed by atoms with Crippen LogP contribution in [-0.4, -0.2) is 78.5 Å². The van der Waals surface area contributed by atoms with Crippen molar-refractivity contribution in [3.05, 3.63) is 35.4 Å². The summed E-state index contributed by atoms with van der Waals surface area (Å²) in [4.78, 5) is 29.7. The van der Waals surface area contributed by atoms with Crippen molar-refractivity contribution in [2.75, 3.05) is 45.8 Å². The van der Waals surface area contributed by atoms with Crippen molar-refractivity contribution in [3.63, 3.8) is 0 Å². The molecule has 0 bridgehead atoms. The van der Waals surface area contributed by atoms with E-state index in [1.807, 2.05) is 0 Å². The van der Waals surface area contributed by atoms with Crippen LogP contribution in [-0.2, 0) is 4.79 Å². The van der Waals surface area contributed by atoms with Crippen molar-refractivity contribution in [3.8, 4) is 0 Å². The van der Waals surface area contributed by atoms with Crippen LogP contribution in [0.15, 0.2) is 18.2 Å². The van der Waals surface area contributed by atoms with E-state index in [4.69, 9.17) is 0 Å². The van der Waals surface area contributed by atoms with E-state index >= 15 is 0 Å². The predicted molar refractivity (Wildman–Crippen MR) is 98.7 cm³/mol. The van der Waals surface area contributed by atoms with E-state index in [1.165, 1.54) is 9.80 Å². The van der Waals surface area contributed by atoms with E-state index in [9.17, 15) is 31.5 Å². The third-order valence-electron chi connectivity index (χ3n) is 5.60. The molecule has 0 atom stereocenters. The zero-order valence-corrected chi connectivity index (χ0v) is 16.4. The summed E-state index contributed by atoms with van der Waals surface area (Å²) >= 11 is 0. The summed E-state index contributed by atoms with van der Waals surface area (Å²) < 4.78 is 64.7. The Bertz CT molecular complexity index is 778. The largest absolute Gasteiger partial charge is 0.401 e. The van der Waals surface area contributed by atoms with Crippen LogP contribution in [0, 0.1) is 17.6 Å². The number of amides is 2. The van der Waals surface area contributed by atoms with Gasteiger partial charge in [-0.3, -0.25) is 14.5 Å². The summed E-state index contributed by atoms with van der Waals surface area (Å²) in [5.74, 6) is -2.66. The highest BCUT2D eigenvalue weighted by Gasteiger charge is 2.34. The van der Waals surface area contributed by atoms with E-state index in [0.717, 1.165) is 12.1 Å². The minimum Gasteiger partial charge on any atom is -0.341 e. The van der Waals surface area contributed by atoms with E-state index in [-0.39, 0.29) is 43.6 Å². The topological polar surface area (TPSA) is 43.9 Å². The van der Waals surface area contributed by atoms with Crippen LogP contribution >= 0.6 is 0 Å². The van der Waals surface area contributed by atoms with Gasteiger partial charge >= 0.3 is 6.18 Å². The molecule has 30 heavy (non-hydrogen) atoms. The molecular weight excluding hydrogens is 409 g/mol. The van der Waals surface area contributed by atoms with Gasteiger partial charge in [-0.2, -0.15) is 13.2 Å². The molecule has 0 aliphatic carbocycles. The van der Waals surface area contributed by atoms with Crippen molar-refractivity contribution in [2.45, 2.75) is 25.4 Å². The predicted octanol–water partition coefficient (Wildman–Crippen LogP) is 2.91. The molecule has 0 saturated carbocycles. The Kier molecular flexibility index (Phi) is 6.95. The number of rotatable bonds is 3. The van der Waals surface area contributed by atoms with Crippen molar-refractivity contribution in [2.24, 2.45) is 5.92 Å². The van der Waals surface area contributed by atoms with Gasteiger partial charge in [0.2, 0.25) is 5.91 Å². The minimum absolute atomic E-state index is 0.107. The molecule has 0 radical (unpaired) electrons. The van der Waals surface area contributed by atoms with Gasteiger partial charge in [-0.05, 0) is 31.4 Å². The second-order valence-corrected chi connectivity index (χ2v) is 7.76. The average molecular weight is 433 g/mol. The average Bonchev–Trinajstić information content (AvgIpc) is 2.91. The van der Waals surface area contributed by atoms with Crippen LogP contribution in [0.4, 0.5) is 22.0 Å². The van der Waals surface area contributed by atoms with Gasteiger partial charge in [-0.15, -0.1) is 0 Å². The highest BCUT2D eigenvalue weighted by Crippen LogP contribution is 2.24. The first-order valence-corrected chi connectivity index (χ1v) is 9.96. The van der Waals surface area contributed by atoms with Crippen LogP contribution in [0.5, 0.6) is 0 Å². The Morgan fingerprint density at radius 2 is 1.63 bits per heavy atom. The number of piperidine rings is 1. The number of carbonyl (C=O) groups excluding carboxylic acids is 2. The fourth-order valence-electron chi connectivity index (χ4n) is 4.02. The second-order valence-electron chi connectivity index (χ2n) is 7.76. The van der Waals surface area contributed by atoms with Crippen molar-refractivity contribution in [1.82, 2.24) is 14.7 Å². The number of halogens is 5. The van der Waals surface area contributed by atoms with Crippen LogP contribution in [0.2, 0.25) is 0 Å². The van der Waals surface area contributed by atoms with Gasteiger partial charge in [0.25, 0.3) is 5.91 Å². The number of hydrogen-bond acceptors (Lipinski definition) is 3. The van der Waals surface area contributed by atoms with Crippen LogP contribution in [0.1, 0.15) is 29.6 Å². The molecule has 0 N–H and O–H groups in total.